The zero-order chi connectivity index (χ0) is 13.6. The molecule has 20 heavy (non-hydrogen) atoms. The summed E-state index contributed by atoms with van der Waals surface area (Å²) in [5.41, 5.74) is 5.79. The van der Waals surface area contributed by atoms with Crippen LogP contribution < -0.4 is 11.1 Å². The first-order valence-corrected chi connectivity index (χ1v) is 7.17. The van der Waals surface area contributed by atoms with Crippen molar-refractivity contribution in [3.05, 3.63) is 0 Å². The molecule has 0 aromatic rings. The number of nitrogens with zero attached hydrogens (tertiary/aromatic N) is 1. The largest absolute Gasteiger partial charge is 0.381 e. The summed E-state index contributed by atoms with van der Waals surface area (Å²) in [6, 6.07) is 0. The Kier molecular flexibility index (Phi) is 8.08. The van der Waals surface area contributed by atoms with Crippen molar-refractivity contribution in [3.8, 4) is 0 Å². The highest BCUT2D eigenvalue weighted by Gasteiger charge is 2.42. The second-order valence-electron chi connectivity index (χ2n) is 5.08. The number of halogens is 1. The minimum atomic E-state index is -0.428. The van der Waals surface area contributed by atoms with Gasteiger partial charge in [0.1, 0.15) is 6.10 Å². The van der Waals surface area contributed by atoms with E-state index in [2.05, 4.69) is 17.2 Å². The van der Waals surface area contributed by atoms with Gasteiger partial charge in [0, 0.05) is 19.4 Å². The Morgan fingerprint density at radius 2 is 2.15 bits per heavy atom. The number of rotatable bonds is 5. The number of ether oxygens (including phenoxy) is 3. The molecule has 2 fully saturated rings. The Balaban J connectivity index is 0.00000200. The van der Waals surface area contributed by atoms with Gasteiger partial charge in [-0.3, -0.25) is 4.99 Å². The zero-order valence-corrected chi connectivity index (χ0v) is 14.4. The van der Waals surface area contributed by atoms with Crippen LogP contribution in [0.1, 0.15) is 32.6 Å². The van der Waals surface area contributed by atoms with E-state index in [1.165, 1.54) is 0 Å². The fourth-order valence-electron chi connectivity index (χ4n) is 2.30. The van der Waals surface area contributed by atoms with Gasteiger partial charge in [-0.2, -0.15) is 0 Å². The number of aliphatic imine (C=N–C) groups is 1. The quantitative estimate of drug-likeness (QED) is 0.315. The van der Waals surface area contributed by atoms with Crippen molar-refractivity contribution in [2.45, 2.75) is 44.5 Å². The molecule has 0 saturated carbocycles. The maximum Gasteiger partial charge on any atom is 0.188 e. The van der Waals surface area contributed by atoms with Crippen LogP contribution in [0.25, 0.3) is 0 Å². The van der Waals surface area contributed by atoms with E-state index in [0.717, 1.165) is 32.2 Å². The molecule has 2 aliphatic rings. The molecule has 1 spiro atoms. The van der Waals surface area contributed by atoms with Crippen LogP contribution in [0.4, 0.5) is 0 Å². The highest BCUT2D eigenvalue weighted by Crippen LogP contribution is 2.33. The summed E-state index contributed by atoms with van der Waals surface area (Å²) < 4.78 is 17.1. The third kappa shape index (κ3) is 5.34. The first-order chi connectivity index (χ1) is 9.24. The molecule has 2 saturated heterocycles. The number of hydrogen-bond acceptors (Lipinski definition) is 4. The fraction of sp³-hybridized carbons (Fsp3) is 0.923. The molecule has 2 heterocycles. The van der Waals surface area contributed by atoms with Gasteiger partial charge in [0.15, 0.2) is 11.7 Å². The molecular formula is C13H26IN3O3. The maximum absolute atomic E-state index is 5.97. The van der Waals surface area contributed by atoms with E-state index < -0.39 is 5.79 Å². The summed E-state index contributed by atoms with van der Waals surface area (Å²) in [6.45, 7) is 5.56. The van der Waals surface area contributed by atoms with Crippen molar-refractivity contribution in [2.75, 3.05) is 32.9 Å². The van der Waals surface area contributed by atoms with Crippen molar-refractivity contribution in [1.82, 2.24) is 5.32 Å². The molecule has 6 nitrogen and oxygen atoms in total. The molecule has 0 amide bonds. The van der Waals surface area contributed by atoms with Crippen LogP contribution in [0.5, 0.6) is 0 Å². The standard InChI is InChI=1S/C13H25N3O3.HI/c1-2-3-6-15-12(14)16-9-11-10-18-13(19-11)4-7-17-8-5-13;/h11H,2-10H2,1H3,(H3,14,15,16);1H. The summed E-state index contributed by atoms with van der Waals surface area (Å²) >= 11 is 0. The molecule has 0 aliphatic carbocycles. The van der Waals surface area contributed by atoms with Crippen LogP contribution in [0.2, 0.25) is 0 Å². The molecule has 2 rings (SSSR count). The molecule has 1 unspecified atom stereocenters. The first-order valence-electron chi connectivity index (χ1n) is 7.17. The van der Waals surface area contributed by atoms with Crippen molar-refractivity contribution in [3.63, 3.8) is 0 Å². The molecule has 0 radical (unpaired) electrons. The number of nitrogens with one attached hydrogen (secondary N) is 1. The molecule has 1 atom stereocenters. The number of guanidine groups is 1. The van der Waals surface area contributed by atoms with Crippen LogP contribution >= 0.6 is 24.0 Å². The summed E-state index contributed by atoms with van der Waals surface area (Å²) in [5, 5.41) is 3.09. The summed E-state index contributed by atoms with van der Waals surface area (Å²) in [5.74, 6) is 0.0630. The minimum Gasteiger partial charge on any atom is -0.381 e. The van der Waals surface area contributed by atoms with Crippen molar-refractivity contribution < 1.29 is 14.2 Å². The van der Waals surface area contributed by atoms with Gasteiger partial charge >= 0.3 is 0 Å². The van der Waals surface area contributed by atoms with Crippen LogP contribution in [0.15, 0.2) is 4.99 Å². The number of hydrogen-bond donors (Lipinski definition) is 2. The van der Waals surface area contributed by atoms with Crippen LogP contribution in [0.3, 0.4) is 0 Å². The molecule has 0 bridgehead atoms. The van der Waals surface area contributed by atoms with Gasteiger partial charge in [0.2, 0.25) is 0 Å². The number of unbranched alkanes of at least 4 members (excludes halogenated alkanes) is 1. The van der Waals surface area contributed by atoms with E-state index in [4.69, 9.17) is 19.9 Å². The Morgan fingerprint density at radius 3 is 2.85 bits per heavy atom. The third-order valence-electron chi connectivity index (χ3n) is 3.47. The predicted molar refractivity (Wildman–Crippen MR) is 88.4 cm³/mol. The summed E-state index contributed by atoms with van der Waals surface area (Å²) in [4.78, 5) is 4.30. The molecule has 0 aromatic heterocycles. The lowest BCUT2D eigenvalue weighted by Crippen LogP contribution is -2.38. The van der Waals surface area contributed by atoms with Gasteiger partial charge in [-0.15, -0.1) is 24.0 Å². The van der Waals surface area contributed by atoms with E-state index in [9.17, 15) is 0 Å². The second kappa shape index (κ2) is 9.01. The van der Waals surface area contributed by atoms with Crippen molar-refractivity contribution in [2.24, 2.45) is 10.7 Å². The van der Waals surface area contributed by atoms with Gasteiger partial charge in [-0.25, -0.2) is 0 Å². The van der Waals surface area contributed by atoms with Crippen molar-refractivity contribution in [1.29, 1.82) is 0 Å². The van der Waals surface area contributed by atoms with E-state index in [1.807, 2.05) is 0 Å². The molecular weight excluding hydrogens is 373 g/mol. The maximum atomic E-state index is 5.97. The summed E-state index contributed by atoms with van der Waals surface area (Å²) in [6.07, 6.45) is 3.85. The molecule has 0 aromatic carbocycles. The first kappa shape index (κ1) is 17.9. The Labute approximate surface area is 137 Å². The van der Waals surface area contributed by atoms with Crippen LogP contribution in [-0.2, 0) is 14.2 Å². The second-order valence-corrected chi connectivity index (χ2v) is 5.08. The Bertz CT molecular complexity index is 309. The SMILES string of the molecule is CCCCNC(N)=NCC1COC2(CCOCC2)O1.I. The van der Waals surface area contributed by atoms with E-state index in [0.29, 0.717) is 32.3 Å². The monoisotopic (exact) mass is 399 g/mol. The molecule has 118 valence electrons. The fourth-order valence-corrected chi connectivity index (χ4v) is 2.30. The van der Waals surface area contributed by atoms with Crippen molar-refractivity contribution >= 4 is 29.9 Å². The minimum absolute atomic E-state index is 0. The average molecular weight is 399 g/mol. The topological polar surface area (TPSA) is 78.1 Å². The lowest BCUT2D eigenvalue weighted by molar-refractivity contribution is -0.210. The predicted octanol–water partition coefficient (Wildman–Crippen LogP) is 1.23. The summed E-state index contributed by atoms with van der Waals surface area (Å²) in [7, 11) is 0. The highest BCUT2D eigenvalue weighted by molar-refractivity contribution is 14.0. The van der Waals surface area contributed by atoms with E-state index in [-0.39, 0.29) is 30.1 Å². The lowest BCUT2D eigenvalue weighted by atomic mass is 10.1. The van der Waals surface area contributed by atoms with Gasteiger partial charge in [-0.05, 0) is 6.42 Å². The molecule has 2 aliphatic heterocycles. The number of nitrogens with two attached hydrogens (primary N) is 1. The van der Waals surface area contributed by atoms with Gasteiger partial charge in [0.05, 0.1) is 26.4 Å². The smallest absolute Gasteiger partial charge is 0.188 e. The van der Waals surface area contributed by atoms with Crippen LogP contribution in [-0.4, -0.2) is 50.8 Å². The Hall–Kier alpha value is -0.120. The highest BCUT2D eigenvalue weighted by atomic mass is 127. The average Bonchev–Trinajstić information content (AvgIpc) is 2.81. The molecule has 7 heteroatoms. The Morgan fingerprint density at radius 1 is 1.40 bits per heavy atom. The van der Waals surface area contributed by atoms with Gasteiger partial charge < -0.3 is 25.3 Å². The van der Waals surface area contributed by atoms with Crippen LogP contribution in [0, 0.1) is 0 Å². The third-order valence-corrected chi connectivity index (χ3v) is 3.47. The van der Waals surface area contributed by atoms with E-state index in [1.54, 1.807) is 0 Å². The van der Waals surface area contributed by atoms with Gasteiger partial charge in [0.25, 0.3) is 0 Å². The van der Waals surface area contributed by atoms with Gasteiger partial charge in [-0.1, -0.05) is 13.3 Å². The zero-order valence-electron chi connectivity index (χ0n) is 12.1. The van der Waals surface area contributed by atoms with E-state index >= 15 is 0 Å². The normalized spacial score (nSPS) is 25.4. The lowest BCUT2D eigenvalue weighted by Gasteiger charge is -2.31. The molecule has 3 N–H and O–H groups in total.